The molecule has 2 rings (SSSR count). The Morgan fingerprint density at radius 2 is 2.00 bits per heavy atom. The fraction of sp³-hybridized carbons (Fsp3) is 0.455. The summed E-state index contributed by atoms with van der Waals surface area (Å²) < 4.78 is 0. The standard InChI is InChI=1S/C11H14ClNS2/c12-9-3-1-8(2-4-9)11(13)10-7-14-5-6-15-10/h1-4,10-11H,5-7,13H2. The van der Waals surface area contributed by atoms with Gasteiger partial charge in [0.25, 0.3) is 0 Å². The third-order valence-electron chi connectivity index (χ3n) is 2.50. The first kappa shape index (κ1) is 11.6. The summed E-state index contributed by atoms with van der Waals surface area (Å²) in [6, 6.07) is 8.04. The van der Waals surface area contributed by atoms with Crippen LogP contribution in [0.25, 0.3) is 0 Å². The van der Waals surface area contributed by atoms with E-state index in [-0.39, 0.29) is 6.04 Å². The minimum Gasteiger partial charge on any atom is -0.323 e. The van der Waals surface area contributed by atoms with E-state index in [2.05, 4.69) is 0 Å². The Morgan fingerprint density at radius 3 is 2.60 bits per heavy atom. The van der Waals surface area contributed by atoms with Gasteiger partial charge in [-0.1, -0.05) is 23.7 Å². The minimum atomic E-state index is 0.139. The summed E-state index contributed by atoms with van der Waals surface area (Å²) in [5.41, 5.74) is 7.44. The number of rotatable bonds is 2. The van der Waals surface area contributed by atoms with Gasteiger partial charge in [0.05, 0.1) is 0 Å². The molecule has 1 nitrogen and oxygen atoms in total. The normalized spacial score (nSPS) is 23.7. The summed E-state index contributed by atoms with van der Waals surface area (Å²) in [6.45, 7) is 0. The van der Waals surface area contributed by atoms with Crippen LogP contribution < -0.4 is 5.73 Å². The molecule has 4 heteroatoms. The molecule has 15 heavy (non-hydrogen) atoms. The predicted molar refractivity (Wildman–Crippen MR) is 72.0 cm³/mol. The Morgan fingerprint density at radius 1 is 1.27 bits per heavy atom. The van der Waals surface area contributed by atoms with Crippen molar-refractivity contribution in [2.45, 2.75) is 11.3 Å². The lowest BCUT2D eigenvalue weighted by Crippen LogP contribution is -2.28. The van der Waals surface area contributed by atoms with Gasteiger partial charge in [-0.05, 0) is 17.7 Å². The second kappa shape index (κ2) is 5.48. The van der Waals surface area contributed by atoms with Gasteiger partial charge in [-0.15, -0.1) is 0 Å². The lowest BCUT2D eigenvalue weighted by atomic mass is 10.1. The Labute approximate surface area is 104 Å². The van der Waals surface area contributed by atoms with Gasteiger partial charge in [0.2, 0.25) is 0 Å². The summed E-state index contributed by atoms with van der Waals surface area (Å²) in [5, 5.41) is 1.32. The van der Waals surface area contributed by atoms with Crippen LogP contribution in [0.4, 0.5) is 0 Å². The SMILES string of the molecule is NC(c1ccc(Cl)cc1)C1CSCCS1. The van der Waals surface area contributed by atoms with Crippen molar-refractivity contribution < 1.29 is 0 Å². The van der Waals surface area contributed by atoms with Crippen LogP contribution in [0.1, 0.15) is 11.6 Å². The summed E-state index contributed by atoms with van der Waals surface area (Å²) in [7, 11) is 0. The number of halogens is 1. The van der Waals surface area contributed by atoms with Crippen molar-refractivity contribution >= 4 is 35.1 Å². The van der Waals surface area contributed by atoms with Crippen molar-refractivity contribution in [1.82, 2.24) is 0 Å². The van der Waals surface area contributed by atoms with Gasteiger partial charge in [0, 0.05) is 33.6 Å². The van der Waals surface area contributed by atoms with E-state index in [0.717, 1.165) is 10.8 Å². The number of hydrogen-bond donors (Lipinski definition) is 1. The van der Waals surface area contributed by atoms with Crippen LogP contribution in [0.5, 0.6) is 0 Å². The molecule has 1 aromatic rings. The van der Waals surface area contributed by atoms with Crippen molar-refractivity contribution in [3.8, 4) is 0 Å². The third-order valence-corrected chi connectivity index (χ3v) is 5.63. The van der Waals surface area contributed by atoms with E-state index < -0.39 is 0 Å². The van der Waals surface area contributed by atoms with E-state index in [0.29, 0.717) is 5.25 Å². The van der Waals surface area contributed by atoms with Gasteiger partial charge in [-0.3, -0.25) is 0 Å². The largest absolute Gasteiger partial charge is 0.323 e. The Bertz CT molecular complexity index is 309. The first-order valence-corrected chi connectivity index (χ1v) is 7.56. The van der Waals surface area contributed by atoms with E-state index in [1.54, 1.807) is 0 Å². The number of benzene rings is 1. The zero-order valence-corrected chi connectivity index (χ0v) is 10.7. The highest BCUT2D eigenvalue weighted by atomic mass is 35.5. The summed E-state index contributed by atoms with van der Waals surface area (Å²) >= 11 is 9.85. The molecule has 0 saturated carbocycles. The number of hydrogen-bond acceptors (Lipinski definition) is 3. The molecule has 82 valence electrons. The highest BCUT2D eigenvalue weighted by molar-refractivity contribution is 8.06. The Kier molecular flexibility index (Phi) is 4.26. The minimum absolute atomic E-state index is 0.139. The van der Waals surface area contributed by atoms with Gasteiger partial charge in [-0.2, -0.15) is 23.5 Å². The Balaban J connectivity index is 2.05. The van der Waals surface area contributed by atoms with Gasteiger partial charge < -0.3 is 5.73 Å². The molecule has 1 saturated heterocycles. The molecular formula is C11H14ClNS2. The van der Waals surface area contributed by atoms with Crippen molar-refractivity contribution in [2.75, 3.05) is 17.3 Å². The first-order chi connectivity index (χ1) is 7.27. The Hall–Kier alpha value is 0.170. The lowest BCUT2D eigenvalue weighted by molar-refractivity contribution is 0.720. The van der Waals surface area contributed by atoms with Crippen LogP contribution in [0, 0.1) is 0 Å². The second-order valence-corrected chi connectivity index (χ2v) is 6.49. The van der Waals surface area contributed by atoms with Crippen molar-refractivity contribution in [3.63, 3.8) is 0 Å². The zero-order chi connectivity index (χ0) is 10.7. The molecule has 1 aromatic carbocycles. The van der Waals surface area contributed by atoms with Crippen LogP contribution in [0.2, 0.25) is 5.02 Å². The molecule has 0 amide bonds. The van der Waals surface area contributed by atoms with E-state index in [1.165, 1.54) is 17.1 Å². The fourth-order valence-corrected chi connectivity index (χ4v) is 4.54. The topological polar surface area (TPSA) is 26.0 Å². The second-order valence-electron chi connectivity index (χ2n) is 3.56. The quantitative estimate of drug-likeness (QED) is 0.884. The fourth-order valence-electron chi connectivity index (χ4n) is 1.61. The molecule has 1 heterocycles. The van der Waals surface area contributed by atoms with Gasteiger partial charge >= 0.3 is 0 Å². The molecule has 2 atom stereocenters. The summed E-state index contributed by atoms with van der Waals surface area (Å²) in [6.07, 6.45) is 0. The highest BCUT2D eigenvalue weighted by Gasteiger charge is 2.22. The maximum atomic E-state index is 6.24. The third kappa shape index (κ3) is 3.06. The predicted octanol–water partition coefficient (Wildman–Crippen LogP) is 3.19. The number of thioether (sulfide) groups is 2. The molecule has 0 bridgehead atoms. The van der Waals surface area contributed by atoms with Crippen molar-refractivity contribution in [2.24, 2.45) is 5.73 Å². The number of nitrogens with two attached hydrogens (primary N) is 1. The van der Waals surface area contributed by atoms with E-state index in [4.69, 9.17) is 17.3 Å². The average molecular weight is 260 g/mol. The zero-order valence-electron chi connectivity index (χ0n) is 8.36. The molecule has 2 N–H and O–H groups in total. The molecule has 0 spiro atoms. The molecule has 0 aliphatic carbocycles. The highest BCUT2D eigenvalue weighted by Crippen LogP contribution is 2.32. The summed E-state index contributed by atoms with van der Waals surface area (Å²) in [4.78, 5) is 0. The molecule has 0 aromatic heterocycles. The van der Waals surface area contributed by atoms with Gasteiger partial charge in [0.1, 0.15) is 0 Å². The van der Waals surface area contributed by atoms with Gasteiger partial charge in [0.15, 0.2) is 0 Å². The van der Waals surface area contributed by atoms with Crippen LogP contribution >= 0.6 is 35.1 Å². The van der Waals surface area contributed by atoms with E-state index >= 15 is 0 Å². The van der Waals surface area contributed by atoms with Crippen LogP contribution in [0.3, 0.4) is 0 Å². The van der Waals surface area contributed by atoms with Gasteiger partial charge in [-0.25, -0.2) is 0 Å². The maximum Gasteiger partial charge on any atom is 0.0423 e. The maximum absolute atomic E-state index is 6.24. The molecule has 1 aliphatic rings. The van der Waals surface area contributed by atoms with Crippen molar-refractivity contribution in [3.05, 3.63) is 34.9 Å². The lowest BCUT2D eigenvalue weighted by Gasteiger charge is -2.26. The van der Waals surface area contributed by atoms with Crippen LogP contribution in [0.15, 0.2) is 24.3 Å². The van der Waals surface area contributed by atoms with Crippen LogP contribution in [-0.4, -0.2) is 22.5 Å². The smallest absolute Gasteiger partial charge is 0.0423 e. The monoisotopic (exact) mass is 259 g/mol. The molecule has 1 aliphatic heterocycles. The van der Waals surface area contributed by atoms with Crippen LogP contribution in [-0.2, 0) is 0 Å². The average Bonchev–Trinajstić information content (AvgIpc) is 2.30. The molecule has 0 radical (unpaired) electrons. The van der Waals surface area contributed by atoms with Crippen molar-refractivity contribution in [1.29, 1.82) is 0 Å². The van der Waals surface area contributed by atoms with E-state index in [9.17, 15) is 0 Å². The summed E-state index contributed by atoms with van der Waals surface area (Å²) in [5.74, 6) is 3.64. The first-order valence-electron chi connectivity index (χ1n) is 4.98. The van der Waals surface area contributed by atoms with E-state index in [1.807, 2.05) is 47.8 Å². The molecule has 1 fully saturated rings. The molecule has 2 unspecified atom stereocenters. The molecular weight excluding hydrogens is 246 g/mol.